The third-order valence-electron chi connectivity index (χ3n) is 2.91. The van der Waals surface area contributed by atoms with Crippen molar-refractivity contribution >= 4 is 17.2 Å². The minimum Gasteiger partial charge on any atom is -0.399 e. The van der Waals surface area contributed by atoms with E-state index in [1.165, 1.54) is 0 Å². The van der Waals surface area contributed by atoms with Crippen LogP contribution in [0.3, 0.4) is 0 Å². The van der Waals surface area contributed by atoms with Crippen molar-refractivity contribution in [1.82, 2.24) is 4.98 Å². The van der Waals surface area contributed by atoms with E-state index in [-0.39, 0.29) is 0 Å². The molecule has 1 fully saturated rings. The van der Waals surface area contributed by atoms with Crippen LogP contribution in [0.4, 0.5) is 17.2 Å². The second-order valence-electron chi connectivity index (χ2n) is 4.46. The molecule has 1 aliphatic rings. The Kier molecular flexibility index (Phi) is 5.20. The molecule has 5 heteroatoms. The normalized spacial score (nSPS) is 14.3. The zero-order valence-corrected chi connectivity index (χ0v) is 11.4. The van der Waals surface area contributed by atoms with Crippen LogP contribution in [0.2, 0.25) is 0 Å². The number of nitrogens with two attached hydrogens (primary N) is 2. The van der Waals surface area contributed by atoms with Crippen molar-refractivity contribution in [1.29, 1.82) is 0 Å². The van der Waals surface area contributed by atoms with Gasteiger partial charge >= 0.3 is 0 Å². The van der Waals surface area contributed by atoms with E-state index in [1.807, 2.05) is 42.5 Å². The number of nitrogens with zero attached hydrogens (tertiary/aromatic N) is 2. The fourth-order valence-corrected chi connectivity index (χ4v) is 1.83. The molecule has 1 aromatic heterocycles. The molecule has 0 spiro atoms. The Hall–Kier alpha value is -2.27. The van der Waals surface area contributed by atoms with E-state index < -0.39 is 0 Å². The topological polar surface area (TPSA) is 77.4 Å². The van der Waals surface area contributed by atoms with E-state index in [9.17, 15) is 0 Å². The van der Waals surface area contributed by atoms with Crippen molar-refractivity contribution in [2.75, 3.05) is 42.7 Å². The predicted octanol–water partition coefficient (Wildman–Crippen LogP) is 1.77. The number of hydrogen-bond acceptors (Lipinski definition) is 5. The third-order valence-corrected chi connectivity index (χ3v) is 2.91. The number of pyridine rings is 1. The highest BCUT2D eigenvalue weighted by molar-refractivity contribution is 5.45. The number of rotatable bonds is 1. The molecule has 106 valence electrons. The number of hydrogen-bond donors (Lipinski definition) is 2. The van der Waals surface area contributed by atoms with Gasteiger partial charge in [0.25, 0.3) is 0 Å². The monoisotopic (exact) mass is 272 g/mol. The summed E-state index contributed by atoms with van der Waals surface area (Å²) in [5, 5.41) is 0. The van der Waals surface area contributed by atoms with Crippen LogP contribution in [-0.4, -0.2) is 31.3 Å². The van der Waals surface area contributed by atoms with Crippen molar-refractivity contribution in [2.24, 2.45) is 0 Å². The molecule has 2 heterocycles. The quantitative estimate of drug-likeness (QED) is 0.774. The maximum Gasteiger partial charge on any atom is 0.128 e. The number of nitrogen functional groups attached to an aromatic ring is 2. The van der Waals surface area contributed by atoms with E-state index in [4.69, 9.17) is 16.2 Å². The summed E-state index contributed by atoms with van der Waals surface area (Å²) in [7, 11) is 0. The molecule has 0 radical (unpaired) electrons. The van der Waals surface area contributed by atoms with Gasteiger partial charge in [0.05, 0.1) is 25.1 Å². The minimum atomic E-state index is 0.706. The Bertz CT molecular complexity index is 495. The van der Waals surface area contributed by atoms with E-state index in [0.717, 1.165) is 37.8 Å². The minimum absolute atomic E-state index is 0.706. The average Bonchev–Trinajstić information content (AvgIpc) is 2.50. The van der Waals surface area contributed by atoms with Crippen molar-refractivity contribution in [3.05, 3.63) is 48.7 Å². The number of ether oxygens (including phenoxy) is 1. The second kappa shape index (κ2) is 7.35. The molecule has 0 amide bonds. The summed E-state index contributed by atoms with van der Waals surface area (Å²) in [5.41, 5.74) is 12.4. The zero-order valence-electron chi connectivity index (χ0n) is 11.4. The summed E-state index contributed by atoms with van der Waals surface area (Å²) in [4.78, 5) is 6.44. The number of anilines is 3. The summed E-state index contributed by atoms with van der Waals surface area (Å²) < 4.78 is 5.25. The van der Waals surface area contributed by atoms with Gasteiger partial charge in [0.1, 0.15) is 5.82 Å². The number of aromatic nitrogens is 1. The first-order valence-corrected chi connectivity index (χ1v) is 6.60. The SMILES string of the molecule is Nc1ccc(N2CCOCC2)nc1.Nc1ccccc1. The number of morpholine rings is 1. The predicted molar refractivity (Wildman–Crippen MR) is 82.5 cm³/mol. The van der Waals surface area contributed by atoms with E-state index in [0.29, 0.717) is 5.69 Å². The molecule has 1 saturated heterocycles. The van der Waals surface area contributed by atoms with Crippen molar-refractivity contribution in [3.8, 4) is 0 Å². The lowest BCUT2D eigenvalue weighted by Crippen LogP contribution is -2.36. The van der Waals surface area contributed by atoms with Crippen LogP contribution >= 0.6 is 0 Å². The first kappa shape index (κ1) is 14.1. The summed E-state index contributed by atoms with van der Waals surface area (Å²) in [6.45, 7) is 3.39. The van der Waals surface area contributed by atoms with Crippen molar-refractivity contribution < 1.29 is 4.74 Å². The fraction of sp³-hybridized carbons (Fsp3) is 0.267. The molecule has 1 aromatic carbocycles. The van der Waals surface area contributed by atoms with E-state index in [1.54, 1.807) is 6.20 Å². The summed E-state index contributed by atoms with van der Waals surface area (Å²) in [5.74, 6) is 0.984. The first-order valence-electron chi connectivity index (χ1n) is 6.60. The molecule has 0 atom stereocenters. The van der Waals surface area contributed by atoms with Crippen molar-refractivity contribution in [3.63, 3.8) is 0 Å². The number of benzene rings is 1. The molecular weight excluding hydrogens is 252 g/mol. The standard InChI is InChI=1S/C9H13N3O.C6H7N/c10-8-1-2-9(11-7-8)12-3-5-13-6-4-12;7-6-4-2-1-3-5-6/h1-2,7H,3-6,10H2;1-5H,7H2. The molecule has 20 heavy (non-hydrogen) atoms. The molecular formula is C15H20N4O. The molecule has 3 rings (SSSR count). The Morgan fingerprint density at radius 1 is 0.900 bits per heavy atom. The van der Waals surface area contributed by atoms with Crippen LogP contribution in [0.5, 0.6) is 0 Å². The van der Waals surface area contributed by atoms with Gasteiger partial charge in [0, 0.05) is 18.8 Å². The van der Waals surface area contributed by atoms with Gasteiger partial charge in [-0.05, 0) is 24.3 Å². The first-order chi connectivity index (χ1) is 9.75. The lowest BCUT2D eigenvalue weighted by atomic mass is 10.3. The van der Waals surface area contributed by atoms with Gasteiger partial charge in [-0.2, -0.15) is 0 Å². The van der Waals surface area contributed by atoms with Crippen LogP contribution in [0.1, 0.15) is 0 Å². The van der Waals surface area contributed by atoms with Crippen molar-refractivity contribution in [2.45, 2.75) is 0 Å². The highest BCUT2D eigenvalue weighted by Crippen LogP contribution is 2.13. The van der Waals surface area contributed by atoms with Gasteiger partial charge < -0.3 is 21.1 Å². The summed E-state index contributed by atoms with van der Waals surface area (Å²) in [6, 6.07) is 13.3. The van der Waals surface area contributed by atoms with Gasteiger partial charge in [-0.25, -0.2) is 4.98 Å². The van der Waals surface area contributed by atoms with E-state index >= 15 is 0 Å². The highest BCUT2D eigenvalue weighted by atomic mass is 16.5. The molecule has 5 nitrogen and oxygen atoms in total. The molecule has 1 aliphatic heterocycles. The van der Waals surface area contributed by atoms with Gasteiger partial charge in [0.2, 0.25) is 0 Å². The van der Waals surface area contributed by atoms with Crippen LogP contribution in [0.15, 0.2) is 48.7 Å². The Balaban J connectivity index is 0.000000178. The average molecular weight is 272 g/mol. The lowest BCUT2D eigenvalue weighted by molar-refractivity contribution is 0.122. The molecule has 4 N–H and O–H groups in total. The van der Waals surface area contributed by atoms with E-state index in [2.05, 4.69) is 9.88 Å². The zero-order chi connectivity index (χ0) is 14.2. The van der Waals surface area contributed by atoms with Gasteiger partial charge in [-0.15, -0.1) is 0 Å². The second-order valence-corrected chi connectivity index (χ2v) is 4.46. The van der Waals surface area contributed by atoms with Crippen LogP contribution in [-0.2, 0) is 4.74 Å². The Morgan fingerprint density at radius 2 is 1.60 bits per heavy atom. The fourth-order valence-electron chi connectivity index (χ4n) is 1.83. The lowest BCUT2D eigenvalue weighted by Gasteiger charge is -2.27. The summed E-state index contributed by atoms with van der Waals surface area (Å²) in [6.07, 6.45) is 1.69. The largest absolute Gasteiger partial charge is 0.399 e. The van der Waals surface area contributed by atoms with Gasteiger partial charge in [-0.3, -0.25) is 0 Å². The molecule has 0 unspecified atom stereocenters. The molecule has 0 aliphatic carbocycles. The summed E-state index contributed by atoms with van der Waals surface area (Å²) >= 11 is 0. The third kappa shape index (κ3) is 4.44. The maximum atomic E-state index is 5.55. The van der Waals surface area contributed by atoms with Crippen LogP contribution < -0.4 is 16.4 Å². The molecule has 0 bridgehead atoms. The molecule has 0 saturated carbocycles. The maximum absolute atomic E-state index is 5.55. The van der Waals surface area contributed by atoms with Gasteiger partial charge in [0.15, 0.2) is 0 Å². The molecule has 2 aromatic rings. The highest BCUT2D eigenvalue weighted by Gasteiger charge is 2.11. The Morgan fingerprint density at radius 3 is 2.10 bits per heavy atom. The number of para-hydroxylation sites is 1. The Labute approximate surface area is 119 Å². The van der Waals surface area contributed by atoms with Crippen LogP contribution in [0, 0.1) is 0 Å². The van der Waals surface area contributed by atoms with Gasteiger partial charge in [-0.1, -0.05) is 18.2 Å². The van der Waals surface area contributed by atoms with Crippen LogP contribution in [0.25, 0.3) is 0 Å². The smallest absolute Gasteiger partial charge is 0.128 e.